The molecule has 0 bridgehead atoms. The minimum absolute atomic E-state index is 0.310. The van der Waals surface area contributed by atoms with Gasteiger partial charge in [-0.05, 0) is 61.2 Å². The molecule has 28 heavy (non-hydrogen) atoms. The standard InChI is InChI=1S/C23H27BrN2O2/c1-28-21-10-8-20(9-11-21)25-14-3-15-26(17-16-25)22(27)23(12-2-13-23)18-4-6-19(24)7-5-18/h4-11H,2-3,12-17H2,1H3. The SMILES string of the molecule is COc1ccc(N2CCCN(C(=O)C3(c4ccc(Br)cc4)CCC3)CC2)cc1. The van der Waals surface area contributed by atoms with Crippen LogP contribution in [0.2, 0.25) is 0 Å². The van der Waals surface area contributed by atoms with Crippen molar-refractivity contribution in [3.8, 4) is 5.75 Å². The Morgan fingerprint density at radius 3 is 2.25 bits per heavy atom. The number of methoxy groups -OCH3 is 1. The molecule has 1 aliphatic heterocycles. The summed E-state index contributed by atoms with van der Waals surface area (Å²) in [5.41, 5.74) is 2.06. The predicted molar refractivity (Wildman–Crippen MR) is 116 cm³/mol. The Hall–Kier alpha value is -2.01. The first-order chi connectivity index (χ1) is 13.6. The summed E-state index contributed by atoms with van der Waals surface area (Å²) in [5.74, 6) is 1.19. The number of benzene rings is 2. The Balaban J connectivity index is 1.47. The first-order valence-electron chi connectivity index (χ1n) is 10.1. The van der Waals surface area contributed by atoms with Gasteiger partial charge in [-0.2, -0.15) is 0 Å². The van der Waals surface area contributed by atoms with Crippen LogP contribution < -0.4 is 9.64 Å². The summed E-state index contributed by atoms with van der Waals surface area (Å²) in [4.78, 5) is 18.0. The van der Waals surface area contributed by atoms with E-state index in [1.54, 1.807) is 7.11 Å². The Bertz CT molecular complexity index is 816. The molecule has 0 aromatic heterocycles. The van der Waals surface area contributed by atoms with Crippen molar-refractivity contribution in [1.29, 1.82) is 0 Å². The van der Waals surface area contributed by atoms with Crippen LogP contribution in [0.5, 0.6) is 5.75 Å². The Morgan fingerprint density at radius 1 is 0.929 bits per heavy atom. The number of nitrogens with zero attached hydrogens (tertiary/aromatic N) is 2. The number of carbonyl (C=O) groups excluding carboxylic acids is 1. The van der Waals surface area contributed by atoms with Gasteiger partial charge < -0.3 is 14.5 Å². The number of anilines is 1. The third-order valence-corrected chi connectivity index (χ3v) is 6.76. The van der Waals surface area contributed by atoms with Crippen molar-refractivity contribution in [1.82, 2.24) is 4.90 Å². The normalized spacial score (nSPS) is 18.9. The number of halogens is 1. The van der Waals surface area contributed by atoms with Crippen molar-refractivity contribution in [3.63, 3.8) is 0 Å². The first-order valence-corrected chi connectivity index (χ1v) is 10.9. The third kappa shape index (κ3) is 3.64. The molecular formula is C23H27BrN2O2. The van der Waals surface area contributed by atoms with Crippen LogP contribution in [-0.2, 0) is 10.2 Å². The van der Waals surface area contributed by atoms with E-state index < -0.39 is 0 Å². The molecule has 1 saturated heterocycles. The number of amides is 1. The summed E-state index contributed by atoms with van der Waals surface area (Å²) < 4.78 is 6.32. The van der Waals surface area contributed by atoms with Crippen LogP contribution >= 0.6 is 15.9 Å². The lowest BCUT2D eigenvalue weighted by Gasteiger charge is -2.44. The summed E-state index contributed by atoms with van der Waals surface area (Å²) in [6.45, 7) is 3.46. The monoisotopic (exact) mass is 442 g/mol. The highest BCUT2D eigenvalue weighted by Gasteiger charge is 2.47. The van der Waals surface area contributed by atoms with Crippen LogP contribution in [-0.4, -0.2) is 44.1 Å². The molecule has 0 spiro atoms. The van der Waals surface area contributed by atoms with E-state index in [2.05, 4.69) is 62.1 Å². The summed E-state index contributed by atoms with van der Waals surface area (Å²) in [7, 11) is 1.69. The third-order valence-electron chi connectivity index (χ3n) is 6.23. The van der Waals surface area contributed by atoms with Gasteiger partial charge in [0, 0.05) is 36.3 Å². The van der Waals surface area contributed by atoms with Gasteiger partial charge in [0.15, 0.2) is 0 Å². The Morgan fingerprint density at radius 2 is 1.64 bits per heavy atom. The average Bonchev–Trinajstić information content (AvgIpc) is 2.95. The Kier molecular flexibility index (Phi) is 5.63. The summed E-state index contributed by atoms with van der Waals surface area (Å²) in [5, 5.41) is 0. The molecule has 0 N–H and O–H groups in total. The number of ether oxygens (including phenoxy) is 1. The predicted octanol–water partition coefficient (Wildman–Crippen LogP) is 4.62. The number of carbonyl (C=O) groups is 1. The van der Waals surface area contributed by atoms with Crippen molar-refractivity contribution in [3.05, 3.63) is 58.6 Å². The van der Waals surface area contributed by atoms with Gasteiger partial charge in [0.1, 0.15) is 5.75 Å². The van der Waals surface area contributed by atoms with E-state index in [0.29, 0.717) is 5.91 Å². The summed E-state index contributed by atoms with van der Waals surface area (Å²) in [6.07, 6.45) is 4.06. The molecule has 0 radical (unpaired) electrons. The second-order valence-electron chi connectivity index (χ2n) is 7.77. The highest BCUT2D eigenvalue weighted by molar-refractivity contribution is 9.10. The van der Waals surface area contributed by atoms with Gasteiger partial charge in [-0.3, -0.25) is 4.79 Å². The zero-order valence-corrected chi connectivity index (χ0v) is 18.0. The van der Waals surface area contributed by atoms with E-state index in [-0.39, 0.29) is 5.41 Å². The summed E-state index contributed by atoms with van der Waals surface area (Å²) in [6, 6.07) is 16.5. The molecule has 2 aromatic rings. The first kappa shape index (κ1) is 19.3. The molecule has 4 rings (SSSR count). The van der Waals surface area contributed by atoms with Crippen LogP contribution in [0.3, 0.4) is 0 Å². The maximum Gasteiger partial charge on any atom is 0.233 e. The largest absolute Gasteiger partial charge is 0.497 e. The molecule has 2 aliphatic rings. The molecule has 148 valence electrons. The molecule has 1 heterocycles. The highest BCUT2D eigenvalue weighted by atomic mass is 79.9. The van der Waals surface area contributed by atoms with Crippen LogP contribution in [0.15, 0.2) is 53.0 Å². The van der Waals surface area contributed by atoms with Gasteiger partial charge in [-0.15, -0.1) is 0 Å². The van der Waals surface area contributed by atoms with Gasteiger partial charge in [0.2, 0.25) is 5.91 Å². The average molecular weight is 443 g/mol. The fourth-order valence-corrected chi connectivity index (χ4v) is 4.66. The smallest absolute Gasteiger partial charge is 0.233 e. The highest BCUT2D eigenvalue weighted by Crippen LogP contribution is 2.45. The van der Waals surface area contributed by atoms with Crippen LogP contribution in [0, 0.1) is 0 Å². The van der Waals surface area contributed by atoms with Crippen LogP contribution in [0.1, 0.15) is 31.2 Å². The molecule has 0 atom stereocenters. The fourth-order valence-electron chi connectivity index (χ4n) is 4.40. The van der Waals surface area contributed by atoms with Crippen LogP contribution in [0.4, 0.5) is 5.69 Å². The quantitative estimate of drug-likeness (QED) is 0.692. The molecule has 5 heteroatoms. The molecule has 1 aliphatic carbocycles. The van der Waals surface area contributed by atoms with Crippen LogP contribution in [0.25, 0.3) is 0 Å². The van der Waals surface area contributed by atoms with Crippen molar-refractivity contribution in [2.24, 2.45) is 0 Å². The van der Waals surface area contributed by atoms with Gasteiger partial charge in [-0.25, -0.2) is 0 Å². The van der Waals surface area contributed by atoms with E-state index >= 15 is 0 Å². The molecule has 2 aromatic carbocycles. The van der Waals surface area contributed by atoms with E-state index in [1.807, 2.05) is 12.1 Å². The Labute approximate surface area is 175 Å². The minimum atomic E-state index is -0.310. The summed E-state index contributed by atoms with van der Waals surface area (Å²) >= 11 is 3.51. The number of rotatable bonds is 4. The van der Waals surface area contributed by atoms with E-state index in [9.17, 15) is 4.79 Å². The lowest BCUT2D eigenvalue weighted by molar-refractivity contribution is -0.140. The van der Waals surface area contributed by atoms with E-state index in [1.165, 1.54) is 11.3 Å². The molecular weight excluding hydrogens is 416 g/mol. The molecule has 0 unspecified atom stereocenters. The van der Waals surface area contributed by atoms with Gasteiger partial charge in [0.05, 0.1) is 12.5 Å². The van der Waals surface area contributed by atoms with Crippen molar-refractivity contribution in [2.45, 2.75) is 31.1 Å². The molecule has 1 amide bonds. The lowest BCUT2D eigenvalue weighted by Crippen LogP contribution is -2.52. The van der Waals surface area contributed by atoms with Gasteiger partial charge >= 0.3 is 0 Å². The fraction of sp³-hybridized carbons (Fsp3) is 0.435. The van der Waals surface area contributed by atoms with Gasteiger partial charge in [-0.1, -0.05) is 34.5 Å². The number of hydrogen-bond donors (Lipinski definition) is 0. The van der Waals surface area contributed by atoms with Crippen molar-refractivity contribution >= 4 is 27.5 Å². The maximum absolute atomic E-state index is 13.5. The van der Waals surface area contributed by atoms with E-state index in [0.717, 1.165) is 62.1 Å². The van der Waals surface area contributed by atoms with E-state index in [4.69, 9.17) is 4.74 Å². The zero-order chi connectivity index (χ0) is 19.6. The topological polar surface area (TPSA) is 32.8 Å². The minimum Gasteiger partial charge on any atom is -0.497 e. The van der Waals surface area contributed by atoms with Crippen molar-refractivity contribution in [2.75, 3.05) is 38.2 Å². The lowest BCUT2D eigenvalue weighted by atomic mass is 9.63. The molecule has 1 saturated carbocycles. The second-order valence-corrected chi connectivity index (χ2v) is 8.69. The maximum atomic E-state index is 13.5. The zero-order valence-electron chi connectivity index (χ0n) is 16.4. The molecule has 4 nitrogen and oxygen atoms in total. The number of hydrogen-bond acceptors (Lipinski definition) is 3. The van der Waals surface area contributed by atoms with Gasteiger partial charge in [0.25, 0.3) is 0 Å². The van der Waals surface area contributed by atoms with Crippen molar-refractivity contribution < 1.29 is 9.53 Å². The second kappa shape index (κ2) is 8.16. The molecule has 2 fully saturated rings.